The van der Waals surface area contributed by atoms with Crippen LogP contribution in [0.1, 0.15) is 30.1 Å². The zero-order valence-electron chi connectivity index (χ0n) is 18.4. The summed E-state index contributed by atoms with van der Waals surface area (Å²) >= 11 is 2.18. The van der Waals surface area contributed by atoms with Crippen LogP contribution in [0.5, 0.6) is 11.5 Å². The summed E-state index contributed by atoms with van der Waals surface area (Å²) in [6.45, 7) is -2.49. The van der Waals surface area contributed by atoms with E-state index in [2.05, 4.69) is 32.1 Å². The van der Waals surface area contributed by atoms with E-state index >= 15 is 0 Å². The van der Waals surface area contributed by atoms with Crippen LogP contribution in [0.25, 0.3) is 0 Å². The van der Waals surface area contributed by atoms with Crippen LogP contribution in [0.15, 0.2) is 73.1 Å². The van der Waals surface area contributed by atoms with Crippen LogP contribution in [0, 0.1) is 11.3 Å². The quantitative estimate of drug-likeness (QED) is 0.139. The maximum absolute atomic E-state index is 12.9. The second-order valence-electron chi connectivity index (χ2n) is 8.14. The van der Waals surface area contributed by atoms with Crippen molar-refractivity contribution in [3.05, 3.63) is 84.2 Å². The summed E-state index contributed by atoms with van der Waals surface area (Å²) in [6, 6.07) is 18.3. The third-order valence-corrected chi connectivity index (χ3v) is 6.77. The number of nitrogens with one attached hydrogen (secondary N) is 1. The first-order valence-corrected chi connectivity index (χ1v) is 12.3. The number of pyridine rings is 1. The van der Waals surface area contributed by atoms with Crippen molar-refractivity contribution in [1.29, 1.82) is 5.41 Å². The summed E-state index contributed by atoms with van der Waals surface area (Å²) < 4.78 is 42.3. The molecule has 1 saturated carbocycles. The standard InChI is InChI=1S/C25H24BF2IN2O3/c27-25(28)34-21-9-8-19(15-23(21)32-16-18-6-7-18)22(14-17-10-12-31-13-11-17)33-24(30)26(29)20-4-2-1-3-5-20/h1-5,8-13,15,18,22,25,30H,6-7,14,16H2. The lowest BCUT2D eigenvalue weighted by Gasteiger charge is -2.23. The van der Waals surface area contributed by atoms with Crippen LogP contribution in [-0.4, -0.2) is 28.6 Å². The molecule has 34 heavy (non-hydrogen) atoms. The summed E-state index contributed by atoms with van der Waals surface area (Å²) in [5.74, 6) is 0.812. The van der Waals surface area contributed by atoms with Gasteiger partial charge in [-0.15, -0.1) is 22.4 Å². The van der Waals surface area contributed by atoms with Crippen molar-refractivity contribution in [2.24, 2.45) is 5.92 Å². The monoisotopic (exact) mass is 576 g/mol. The van der Waals surface area contributed by atoms with E-state index in [1.807, 2.05) is 42.5 Å². The second kappa shape index (κ2) is 11.6. The van der Waals surface area contributed by atoms with E-state index < -0.39 is 12.7 Å². The van der Waals surface area contributed by atoms with Gasteiger partial charge in [-0.2, -0.15) is 8.78 Å². The lowest BCUT2D eigenvalue weighted by atomic mass is 9.69. The minimum Gasteiger partial charge on any atom is -0.489 e. The van der Waals surface area contributed by atoms with Crippen LogP contribution >= 0.6 is 22.4 Å². The van der Waals surface area contributed by atoms with E-state index in [9.17, 15) is 8.78 Å². The predicted molar refractivity (Wildman–Crippen MR) is 137 cm³/mol. The number of rotatable bonds is 11. The average molecular weight is 576 g/mol. The Morgan fingerprint density at radius 2 is 1.79 bits per heavy atom. The van der Waals surface area contributed by atoms with Crippen molar-refractivity contribution in [3.63, 3.8) is 0 Å². The number of benzene rings is 2. The fourth-order valence-electron chi connectivity index (χ4n) is 3.47. The molecule has 1 heterocycles. The van der Waals surface area contributed by atoms with E-state index in [1.54, 1.807) is 24.5 Å². The van der Waals surface area contributed by atoms with Crippen LogP contribution in [0.2, 0.25) is 0 Å². The maximum Gasteiger partial charge on any atom is 0.387 e. The SMILES string of the molecule is N=C(OC(Cc1ccncc1)c1ccc(OC(F)F)c(OCC2CC2)c1)B(I)c1ccccc1. The van der Waals surface area contributed by atoms with Crippen molar-refractivity contribution >= 4 is 38.2 Å². The summed E-state index contributed by atoms with van der Waals surface area (Å²) in [5.41, 5.74) is 2.65. The minimum absolute atomic E-state index is 0.00630. The normalized spacial score (nSPS) is 13.9. The first-order valence-electron chi connectivity index (χ1n) is 11.0. The van der Waals surface area contributed by atoms with Crippen LogP contribution in [-0.2, 0) is 11.2 Å². The molecule has 5 nitrogen and oxygen atoms in total. The fraction of sp³-hybridized carbons (Fsp3) is 0.280. The Morgan fingerprint density at radius 1 is 1.06 bits per heavy atom. The highest BCUT2D eigenvalue weighted by molar-refractivity contribution is 14.1. The average Bonchev–Trinajstić information content (AvgIpc) is 3.68. The summed E-state index contributed by atoms with van der Waals surface area (Å²) in [6.07, 6.45) is 5.50. The molecule has 3 aromatic rings. The molecular formula is C25H24BF2IN2O3. The Labute approximate surface area is 211 Å². The maximum atomic E-state index is 12.9. The van der Waals surface area contributed by atoms with Crippen molar-refractivity contribution in [2.45, 2.75) is 32.0 Å². The predicted octanol–water partition coefficient (Wildman–Crippen LogP) is 5.62. The van der Waals surface area contributed by atoms with Gasteiger partial charge >= 0.3 is 11.2 Å². The van der Waals surface area contributed by atoms with E-state index in [0.717, 1.165) is 23.9 Å². The summed E-state index contributed by atoms with van der Waals surface area (Å²) in [4.78, 5) is 4.06. The molecule has 1 unspecified atom stereocenters. The van der Waals surface area contributed by atoms with Crippen molar-refractivity contribution < 1.29 is 23.0 Å². The molecule has 1 N–H and O–H groups in total. The number of ether oxygens (including phenoxy) is 3. The first kappa shape index (κ1) is 24.4. The van der Waals surface area contributed by atoms with Crippen molar-refractivity contribution in [2.75, 3.05) is 6.61 Å². The number of nitrogens with zero attached hydrogens (tertiary/aromatic N) is 1. The van der Waals surface area contributed by atoms with Gasteiger partial charge in [0.2, 0.25) is 0 Å². The lowest BCUT2D eigenvalue weighted by Crippen LogP contribution is -2.35. The number of hydrogen-bond acceptors (Lipinski definition) is 5. The molecule has 4 rings (SSSR count). The van der Waals surface area contributed by atoms with Gasteiger partial charge in [0.15, 0.2) is 17.3 Å². The smallest absolute Gasteiger partial charge is 0.387 e. The van der Waals surface area contributed by atoms with Gasteiger partial charge in [0.25, 0.3) is 0 Å². The number of alkyl halides is 2. The third kappa shape index (κ3) is 6.91. The zero-order chi connectivity index (χ0) is 23.9. The second-order valence-corrected chi connectivity index (χ2v) is 9.39. The molecule has 0 radical (unpaired) electrons. The van der Waals surface area contributed by atoms with E-state index in [1.165, 1.54) is 6.07 Å². The van der Waals surface area contributed by atoms with Gasteiger partial charge in [0, 0.05) is 18.8 Å². The molecule has 0 bridgehead atoms. The van der Waals surface area contributed by atoms with Crippen molar-refractivity contribution in [1.82, 2.24) is 4.98 Å². The van der Waals surface area contributed by atoms with Crippen LogP contribution in [0.4, 0.5) is 8.78 Å². The highest BCUT2D eigenvalue weighted by Gasteiger charge is 2.27. The van der Waals surface area contributed by atoms with E-state index in [4.69, 9.17) is 14.9 Å². The Bertz CT molecular complexity index is 1090. The zero-order valence-corrected chi connectivity index (χ0v) is 20.5. The molecule has 0 saturated heterocycles. The van der Waals surface area contributed by atoms with Gasteiger partial charge in [-0.05, 0) is 54.2 Å². The highest BCUT2D eigenvalue weighted by Crippen LogP contribution is 2.36. The molecule has 2 aromatic carbocycles. The highest BCUT2D eigenvalue weighted by atomic mass is 127. The molecule has 0 spiro atoms. The molecule has 1 aromatic heterocycles. The Morgan fingerprint density at radius 3 is 2.47 bits per heavy atom. The Kier molecular flexibility index (Phi) is 8.36. The lowest BCUT2D eigenvalue weighted by molar-refractivity contribution is -0.0515. The van der Waals surface area contributed by atoms with Crippen LogP contribution < -0.4 is 14.9 Å². The molecule has 1 fully saturated rings. The molecule has 9 heteroatoms. The van der Waals surface area contributed by atoms with Gasteiger partial charge in [-0.1, -0.05) is 41.9 Å². The molecular weight excluding hydrogens is 552 g/mol. The molecule has 0 amide bonds. The topological polar surface area (TPSA) is 64.4 Å². The molecule has 0 aliphatic heterocycles. The van der Waals surface area contributed by atoms with Gasteiger partial charge in [-0.25, -0.2) is 0 Å². The van der Waals surface area contributed by atoms with Crippen molar-refractivity contribution in [3.8, 4) is 11.5 Å². The van der Waals surface area contributed by atoms with Gasteiger partial charge < -0.3 is 14.2 Å². The Hall–Kier alpha value is -2.69. The molecule has 1 aliphatic rings. The number of hydrogen-bond donors (Lipinski definition) is 1. The molecule has 1 atom stereocenters. The summed E-state index contributed by atoms with van der Waals surface area (Å²) in [5, 5.41) is 8.61. The number of aromatic nitrogens is 1. The Balaban J connectivity index is 1.60. The summed E-state index contributed by atoms with van der Waals surface area (Å²) in [7, 11) is 0. The molecule has 176 valence electrons. The number of halogens is 3. The molecule has 1 aliphatic carbocycles. The fourth-order valence-corrected chi connectivity index (χ4v) is 4.03. The largest absolute Gasteiger partial charge is 0.489 e. The van der Waals surface area contributed by atoms with E-state index in [0.29, 0.717) is 24.5 Å². The third-order valence-electron chi connectivity index (χ3n) is 5.49. The van der Waals surface area contributed by atoms with Gasteiger partial charge in [0.05, 0.1) is 6.61 Å². The minimum atomic E-state index is -2.95. The van der Waals surface area contributed by atoms with Crippen LogP contribution in [0.3, 0.4) is 0 Å². The van der Waals surface area contributed by atoms with E-state index in [-0.39, 0.29) is 21.9 Å². The van der Waals surface area contributed by atoms with Gasteiger partial charge in [-0.3, -0.25) is 10.4 Å². The van der Waals surface area contributed by atoms with Gasteiger partial charge in [0.1, 0.15) is 6.10 Å². The first-order chi connectivity index (χ1) is 16.5.